The minimum atomic E-state index is -0.843. The van der Waals surface area contributed by atoms with E-state index in [0.717, 1.165) is 12.1 Å². The smallest absolute Gasteiger partial charge is 0.226 e. The van der Waals surface area contributed by atoms with E-state index in [4.69, 9.17) is 0 Å². The Balaban J connectivity index is 1.98. The van der Waals surface area contributed by atoms with Gasteiger partial charge in [0.15, 0.2) is 0 Å². The lowest BCUT2D eigenvalue weighted by molar-refractivity contribution is -0.117. The van der Waals surface area contributed by atoms with Gasteiger partial charge in [0.05, 0.1) is 5.69 Å². The summed E-state index contributed by atoms with van der Waals surface area (Å²) in [6.45, 7) is 1.57. The number of carbonyl (C=O) groups is 2. The molecule has 2 amide bonds. The number of para-hydroxylation sites is 1. The minimum absolute atomic E-state index is 0.00864. The fourth-order valence-electron chi connectivity index (χ4n) is 2.09. The van der Waals surface area contributed by atoms with E-state index in [9.17, 15) is 18.4 Å². The van der Waals surface area contributed by atoms with Crippen LogP contribution < -0.4 is 10.2 Å². The van der Waals surface area contributed by atoms with E-state index in [1.165, 1.54) is 11.8 Å². The molecule has 120 valence electrons. The van der Waals surface area contributed by atoms with E-state index in [2.05, 4.69) is 5.32 Å². The van der Waals surface area contributed by atoms with Gasteiger partial charge in [-0.2, -0.15) is 0 Å². The van der Waals surface area contributed by atoms with Gasteiger partial charge in [-0.05, 0) is 24.3 Å². The van der Waals surface area contributed by atoms with E-state index in [1.54, 1.807) is 24.3 Å². The first-order chi connectivity index (χ1) is 11.0. The topological polar surface area (TPSA) is 49.4 Å². The molecule has 0 atom stereocenters. The van der Waals surface area contributed by atoms with Crippen LogP contribution in [-0.2, 0) is 9.59 Å². The first-order valence-corrected chi connectivity index (χ1v) is 7.05. The van der Waals surface area contributed by atoms with Gasteiger partial charge >= 0.3 is 0 Å². The van der Waals surface area contributed by atoms with Crippen LogP contribution in [0, 0.1) is 11.6 Å². The highest BCUT2D eigenvalue weighted by atomic mass is 19.1. The Morgan fingerprint density at radius 1 is 1.09 bits per heavy atom. The standard InChI is InChI=1S/C17H16F2N2O2/c1-12(22)21(14-5-3-2-4-6-14)10-9-17(23)20-16-8-7-13(18)11-15(16)19/h2-8,11H,9-10H2,1H3,(H,20,23). The number of benzene rings is 2. The molecule has 0 bridgehead atoms. The number of halogens is 2. The fraction of sp³-hybridized carbons (Fsp3) is 0.176. The van der Waals surface area contributed by atoms with E-state index in [1.807, 2.05) is 6.07 Å². The monoisotopic (exact) mass is 318 g/mol. The number of anilines is 2. The zero-order chi connectivity index (χ0) is 16.8. The number of nitrogens with one attached hydrogen (secondary N) is 1. The maximum absolute atomic E-state index is 13.5. The summed E-state index contributed by atoms with van der Waals surface area (Å²) in [5.74, 6) is -2.22. The average Bonchev–Trinajstić information content (AvgIpc) is 2.51. The third kappa shape index (κ3) is 4.60. The first-order valence-electron chi connectivity index (χ1n) is 7.05. The van der Waals surface area contributed by atoms with Gasteiger partial charge in [-0.3, -0.25) is 9.59 Å². The third-order valence-corrected chi connectivity index (χ3v) is 3.22. The molecule has 6 heteroatoms. The van der Waals surface area contributed by atoms with Gasteiger partial charge in [-0.25, -0.2) is 8.78 Å². The molecular formula is C17H16F2N2O2. The Bertz CT molecular complexity index is 705. The van der Waals surface area contributed by atoms with Crippen molar-refractivity contribution in [3.8, 4) is 0 Å². The number of hydrogen-bond donors (Lipinski definition) is 1. The van der Waals surface area contributed by atoms with E-state index in [0.29, 0.717) is 11.8 Å². The van der Waals surface area contributed by atoms with Crippen LogP contribution in [-0.4, -0.2) is 18.4 Å². The summed E-state index contributed by atoms with van der Waals surface area (Å²) in [6.07, 6.45) is -0.00864. The first kappa shape index (κ1) is 16.6. The van der Waals surface area contributed by atoms with Crippen molar-refractivity contribution in [2.45, 2.75) is 13.3 Å². The lowest BCUT2D eigenvalue weighted by Gasteiger charge is -2.20. The third-order valence-electron chi connectivity index (χ3n) is 3.22. The van der Waals surface area contributed by atoms with Gasteiger partial charge in [-0.1, -0.05) is 18.2 Å². The van der Waals surface area contributed by atoms with E-state index in [-0.39, 0.29) is 24.6 Å². The predicted octanol–water partition coefficient (Wildman–Crippen LogP) is 3.35. The van der Waals surface area contributed by atoms with Crippen LogP contribution in [0.1, 0.15) is 13.3 Å². The molecule has 0 aliphatic carbocycles. The maximum atomic E-state index is 13.5. The van der Waals surface area contributed by atoms with Crippen LogP contribution in [0.4, 0.5) is 20.2 Å². The lowest BCUT2D eigenvalue weighted by Crippen LogP contribution is -2.31. The summed E-state index contributed by atoms with van der Waals surface area (Å²) in [7, 11) is 0. The number of rotatable bonds is 5. The van der Waals surface area contributed by atoms with Crippen molar-refractivity contribution in [3.05, 3.63) is 60.2 Å². The molecule has 0 aliphatic rings. The highest BCUT2D eigenvalue weighted by Gasteiger charge is 2.14. The Hall–Kier alpha value is -2.76. The molecule has 23 heavy (non-hydrogen) atoms. The van der Waals surface area contributed by atoms with Crippen molar-refractivity contribution in [1.82, 2.24) is 0 Å². The Morgan fingerprint density at radius 3 is 2.39 bits per heavy atom. The lowest BCUT2D eigenvalue weighted by atomic mass is 10.2. The molecule has 4 nitrogen and oxygen atoms in total. The van der Waals surface area contributed by atoms with Crippen molar-refractivity contribution < 1.29 is 18.4 Å². The average molecular weight is 318 g/mol. The number of carbonyl (C=O) groups excluding carboxylic acids is 2. The van der Waals surface area contributed by atoms with Gasteiger partial charge in [0.1, 0.15) is 11.6 Å². The van der Waals surface area contributed by atoms with Crippen LogP contribution in [0.15, 0.2) is 48.5 Å². The molecule has 1 N–H and O–H groups in total. The second-order valence-electron chi connectivity index (χ2n) is 4.93. The second-order valence-corrected chi connectivity index (χ2v) is 4.93. The van der Waals surface area contributed by atoms with Crippen molar-refractivity contribution in [2.75, 3.05) is 16.8 Å². The van der Waals surface area contributed by atoms with Gasteiger partial charge in [0, 0.05) is 31.6 Å². The Labute approximate surface area is 132 Å². The summed E-state index contributed by atoms with van der Waals surface area (Å²) in [6, 6.07) is 11.8. The van der Waals surface area contributed by atoms with Crippen LogP contribution in [0.5, 0.6) is 0 Å². The predicted molar refractivity (Wildman–Crippen MR) is 84.1 cm³/mol. The van der Waals surface area contributed by atoms with Crippen molar-refractivity contribution in [2.24, 2.45) is 0 Å². The molecule has 0 heterocycles. The largest absolute Gasteiger partial charge is 0.324 e. The fourth-order valence-corrected chi connectivity index (χ4v) is 2.09. The summed E-state index contributed by atoms with van der Waals surface area (Å²) < 4.78 is 26.3. The minimum Gasteiger partial charge on any atom is -0.324 e. The van der Waals surface area contributed by atoms with Crippen LogP contribution >= 0.6 is 0 Å². The number of nitrogens with zero attached hydrogens (tertiary/aromatic N) is 1. The summed E-state index contributed by atoms with van der Waals surface area (Å²) in [5, 5.41) is 2.36. The normalized spacial score (nSPS) is 10.2. The highest BCUT2D eigenvalue weighted by molar-refractivity contribution is 5.94. The Morgan fingerprint density at radius 2 is 1.78 bits per heavy atom. The molecule has 2 aromatic carbocycles. The zero-order valence-electron chi connectivity index (χ0n) is 12.6. The SMILES string of the molecule is CC(=O)N(CCC(=O)Nc1ccc(F)cc1F)c1ccccc1. The molecule has 0 spiro atoms. The molecule has 0 fully saturated rings. The van der Waals surface area contributed by atoms with E-state index < -0.39 is 17.5 Å². The molecule has 0 aliphatic heterocycles. The summed E-state index contributed by atoms with van der Waals surface area (Å²) >= 11 is 0. The van der Waals surface area contributed by atoms with Gasteiger partial charge < -0.3 is 10.2 Å². The van der Waals surface area contributed by atoms with Crippen LogP contribution in [0.3, 0.4) is 0 Å². The molecule has 0 aromatic heterocycles. The van der Waals surface area contributed by atoms with E-state index >= 15 is 0 Å². The van der Waals surface area contributed by atoms with Gasteiger partial charge in [0.25, 0.3) is 0 Å². The van der Waals surface area contributed by atoms with Gasteiger partial charge in [0.2, 0.25) is 11.8 Å². The summed E-state index contributed by atoms with van der Waals surface area (Å²) in [5.41, 5.74) is 0.589. The molecule has 0 radical (unpaired) electrons. The zero-order valence-corrected chi connectivity index (χ0v) is 12.6. The second kappa shape index (κ2) is 7.49. The van der Waals surface area contributed by atoms with Crippen LogP contribution in [0.25, 0.3) is 0 Å². The molecule has 0 unspecified atom stereocenters. The summed E-state index contributed by atoms with van der Waals surface area (Å²) in [4.78, 5) is 25.1. The molecule has 0 saturated heterocycles. The van der Waals surface area contributed by atoms with Crippen LogP contribution in [0.2, 0.25) is 0 Å². The molecular weight excluding hydrogens is 302 g/mol. The van der Waals surface area contributed by atoms with Gasteiger partial charge in [-0.15, -0.1) is 0 Å². The Kier molecular flexibility index (Phi) is 5.41. The number of hydrogen-bond acceptors (Lipinski definition) is 2. The maximum Gasteiger partial charge on any atom is 0.226 e. The highest BCUT2D eigenvalue weighted by Crippen LogP contribution is 2.16. The van der Waals surface area contributed by atoms with Crippen molar-refractivity contribution in [1.29, 1.82) is 0 Å². The van der Waals surface area contributed by atoms with Crippen molar-refractivity contribution >= 4 is 23.2 Å². The number of amides is 2. The molecule has 0 saturated carbocycles. The quantitative estimate of drug-likeness (QED) is 0.919. The molecule has 2 rings (SSSR count). The molecule has 2 aromatic rings. The van der Waals surface area contributed by atoms with Crippen molar-refractivity contribution in [3.63, 3.8) is 0 Å².